The van der Waals surface area contributed by atoms with Crippen molar-refractivity contribution in [2.24, 2.45) is 0 Å². The number of aromatic hydroxyl groups is 1. The summed E-state index contributed by atoms with van der Waals surface area (Å²) in [6.45, 7) is 5.88. The smallest absolute Gasteiger partial charge is 0.339 e. The van der Waals surface area contributed by atoms with Crippen molar-refractivity contribution in [1.29, 1.82) is 0 Å². The van der Waals surface area contributed by atoms with Crippen LogP contribution in [0.1, 0.15) is 21.5 Å². The fourth-order valence-electron chi connectivity index (χ4n) is 1.26. The Morgan fingerprint density at radius 3 is 1.95 bits per heavy atom. The maximum absolute atomic E-state index is 10.3. The fraction of sp³-hybridized carbons (Fsp3) is 0.0667. The van der Waals surface area contributed by atoms with Crippen LogP contribution in [0.25, 0.3) is 0 Å². The molecule has 2 aromatic rings. The molecule has 0 aliphatic rings. The monoisotopic (exact) mass is 307 g/mol. The third kappa shape index (κ3) is 5.58. The molecule has 0 aromatic heterocycles. The van der Waals surface area contributed by atoms with Crippen molar-refractivity contribution >= 4 is 5.97 Å². The van der Waals surface area contributed by atoms with Gasteiger partial charge in [-0.15, -0.1) is 12.1 Å². The van der Waals surface area contributed by atoms with E-state index in [1.807, 2.05) is 18.2 Å². The summed E-state index contributed by atoms with van der Waals surface area (Å²) in [7, 11) is 0. The molecule has 0 unspecified atom stereocenters. The van der Waals surface area contributed by atoms with Crippen LogP contribution in [0, 0.1) is 13.8 Å². The van der Waals surface area contributed by atoms with Crippen LogP contribution < -0.4 is 0 Å². The molecule has 0 saturated carbocycles. The van der Waals surface area contributed by atoms with E-state index in [-0.39, 0.29) is 30.8 Å². The summed E-state index contributed by atoms with van der Waals surface area (Å²) < 4.78 is 0. The van der Waals surface area contributed by atoms with Gasteiger partial charge in [0.2, 0.25) is 0 Å². The molecule has 2 rings (SSSR count). The molecule has 0 heterocycles. The number of rotatable bonds is 1. The minimum absolute atomic E-state index is 0. The Morgan fingerprint density at radius 1 is 1.05 bits per heavy atom. The molecular weight excluding hydrogens is 294 g/mol. The molecule has 0 aliphatic heterocycles. The molecule has 0 amide bonds. The topological polar surface area (TPSA) is 57.5 Å². The summed E-state index contributed by atoms with van der Waals surface area (Å²) in [5.74, 6) is -1.31. The third-order valence-corrected chi connectivity index (χ3v) is 2.40. The first-order chi connectivity index (χ1) is 8.52. The Labute approximate surface area is 125 Å². The Bertz CT molecular complexity index is 517. The van der Waals surface area contributed by atoms with Crippen LogP contribution in [0.4, 0.5) is 0 Å². The maximum Gasteiger partial charge on any atom is 0.339 e. The summed E-state index contributed by atoms with van der Waals surface area (Å²) in [6.07, 6.45) is 0. The molecule has 2 aromatic carbocycles. The second-order valence-corrected chi connectivity index (χ2v) is 3.75. The van der Waals surface area contributed by atoms with Crippen LogP contribution in [0.15, 0.2) is 48.5 Å². The minimum Gasteiger partial charge on any atom is -0.507 e. The second kappa shape index (κ2) is 8.33. The molecule has 0 bridgehead atoms. The number of phenols is 1. The zero-order valence-electron chi connectivity index (χ0n) is 10.8. The molecule has 0 fully saturated rings. The van der Waals surface area contributed by atoms with Gasteiger partial charge in [0.05, 0.1) is 0 Å². The van der Waals surface area contributed by atoms with Crippen molar-refractivity contribution < 1.29 is 34.5 Å². The number of aromatic carboxylic acids is 1. The predicted molar refractivity (Wildman–Crippen MR) is 70.7 cm³/mol. The molecule has 0 atom stereocenters. The third-order valence-electron chi connectivity index (χ3n) is 2.40. The average molecular weight is 309 g/mol. The van der Waals surface area contributed by atoms with Gasteiger partial charge in [-0.1, -0.05) is 25.1 Å². The van der Waals surface area contributed by atoms with Crippen LogP contribution in [-0.4, -0.2) is 16.2 Å². The van der Waals surface area contributed by atoms with E-state index in [4.69, 9.17) is 10.2 Å². The van der Waals surface area contributed by atoms with E-state index < -0.39 is 5.97 Å². The summed E-state index contributed by atoms with van der Waals surface area (Å²) in [5, 5.41) is 17.3. The SMILES string of the molecule is O=C(O)c1ccccc1O.[CH2-]c1ccccc1C.[Zn]. The van der Waals surface area contributed by atoms with Crippen LogP contribution in [-0.2, 0) is 19.5 Å². The molecule has 19 heavy (non-hydrogen) atoms. The quantitative estimate of drug-likeness (QED) is 0.628. The normalized spacial score (nSPS) is 8.68. The number of hydrogen-bond donors (Lipinski definition) is 2. The second-order valence-electron chi connectivity index (χ2n) is 3.75. The number of carboxylic acid groups (broad SMARTS) is 1. The molecule has 4 heteroatoms. The maximum atomic E-state index is 10.3. The van der Waals surface area contributed by atoms with Crippen molar-refractivity contribution in [3.8, 4) is 5.75 Å². The van der Waals surface area contributed by atoms with Gasteiger partial charge in [-0.05, 0) is 12.1 Å². The first kappa shape index (κ1) is 17.2. The van der Waals surface area contributed by atoms with Crippen LogP contribution in [0.5, 0.6) is 5.75 Å². The van der Waals surface area contributed by atoms with Gasteiger partial charge < -0.3 is 10.2 Å². The first-order valence-corrected chi connectivity index (χ1v) is 5.41. The zero-order chi connectivity index (χ0) is 13.5. The van der Waals surface area contributed by atoms with E-state index in [0.717, 1.165) is 5.56 Å². The van der Waals surface area contributed by atoms with Crippen LogP contribution in [0.2, 0.25) is 0 Å². The fourth-order valence-corrected chi connectivity index (χ4v) is 1.26. The molecule has 0 aliphatic carbocycles. The van der Waals surface area contributed by atoms with Crippen LogP contribution in [0.3, 0.4) is 0 Å². The number of hydrogen-bond acceptors (Lipinski definition) is 2. The van der Waals surface area contributed by atoms with Crippen molar-refractivity contribution in [2.75, 3.05) is 0 Å². The van der Waals surface area contributed by atoms with Gasteiger partial charge in [0, 0.05) is 19.5 Å². The van der Waals surface area contributed by atoms with E-state index in [1.54, 1.807) is 12.1 Å². The van der Waals surface area contributed by atoms with Gasteiger partial charge in [0.15, 0.2) is 0 Å². The zero-order valence-corrected chi connectivity index (χ0v) is 13.8. The molecule has 0 radical (unpaired) electrons. The van der Waals surface area contributed by atoms with E-state index in [9.17, 15) is 4.79 Å². The summed E-state index contributed by atoms with van der Waals surface area (Å²) in [6, 6.07) is 13.9. The molecule has 2 N–H and O–H groups in total. The van der Waals surface area contributed by atoms with Gasteiger partial charge in [-0.3, -0.25) is 0 Å². The largest absolute Gasteiger partial charge is 0.507 e. The van der Waals surface area contributed by atoms with E-state index in [0.29, 0.717) is 0 Å². The number of benzene rings is 2. The molecule has 96 valence electrons. The first-order valence-electron chi connectivity index (χ1n) is 5.41. The predicted octanol–water partition coefficient (Wildman–Crippen LogP) is 3.27. The van der Waals surface area contributed by atoms with Crippen molar-refractivity contribution in [1.82, 2.24) is 0 Å². The van der Waals surface area contributed by atoms with Crippen molar-refractivity contribution in [3.05, 3.63) is 72.1 Å². The molecule has 3 nitrogen and oxygen atoms in total. The number of para-hydroxylation sites is 1. The van der Waals surface area contributed by atoms with Gasteiger partial charge in [0.1, 0.15) is 11.3 Å². The Hall–Kier alpha value is -1.80. The standard InChI is InChI=1S/C8H9.C7H6O3.Zn/c1-7-5-3-4-6-8(7)2;8-6-4-2-1-3-5(6)7(9)10;/h3-6H,1H2,2H3;1-4,8H,(H,9,10);/q-1;;. The summed E-state index contributed by atoms with van der Waals surface area (Å²) in [5.41, 5.74) is 2.31. The summed E-state index contributed by atoms with van der Waals surface area (Å²) in [4.78, 5) is 10.3. The average Bonchev–Trinajstić information content (AvgIpc) is 2.34. The molecular formula is C15H15O3Zn-. The van der Waals surface area contributed by atoms with Gasteiger partial charge in [0.25, 0.3) is 0 Å². The van der Waals surface area contributed by atoms with Crippen LogP contribution >= 0.6 is 0 Å². The van der Waals surface area contributed by atoms with Gasteiger partial charge in [-0.2, -0.15) is 24.1 Å². The number of aryl methyl sites for hydroxylation is 1. The molecule has 0 saturated heterocycles. The van der Waals surface area contributed by atoms with Gasteiger partial charge >= 0.3 is 5.97 Å². The Morgan fingerprint density at radius 2 is 1.58 bits per heavy atom. The van der Waals surface area contributed by atoms with Crippen molar-refractivity contribution in [3.63, 3.8) is 0 Å². The van der Waals surface area contributed by atoms with Gasteiger partial charge in [-0.25, -0.2) is 4.79 Å². The summed E-state index contributed by atoms with van der Waals surface area (Å²) >= 11 is 0. The Kier molecular flexibility index (Phi) is 7.54. The number of carbonyl (C=O) groups is 1. The minimum atomic E-state index is -1.11. The van der Waals surface area contributed by atoms with Crippen molar-refractivity contribution in [2.45, 2.75) is 6.92 Å². The van der Waals surface area contributed by atoms with E-state index in [2.05, 4.69) is 19.9 Å². The number of carboxylic acids is 1. The molecule has 0 spiro atoms. The Balaban J connectivity index is 0.000000331. The van der Waals surface area contributed by atoms with E-state index >= 15 is 0 Å². The van der Waals surface area contributed by atoms with E-state index in [1.165, 1.54) is 17.7 Å².